The van der Waals surface area contributed by atoms with Gasteiger partial charge in [0.15, 0.2) is 9.84 Å². The van der Waals surface area contributed by atoms with Crippen LogP contribution in [0.15, 0.2) is 50.9 Å². The molecule has 3 rings (SSSR count). The topological polar surface area (TPSA) is 101 Å². The Bertz CT molecular complexity index is 1010. The maximum absolute atomic E-state index is 12.7. The summed E-state index contributed by atoms with van der Waals surface area (Å²) < 4.78 is 49.9. The second kappa shape index (κ2) is 7.70. The quantitative estimate of drug-likeness (QED) is 0.754. The number of rotatable bonds is 6. The average Bonchev–Trinajstić information content (AvgIpc) is 3.31. The summed E-state index contributed by atoms with van der Waals surface area (Å²) in [6.07, 6.45) is 2.24. The van der Waals surface area contributed by atoms with E-state index < -0.39 is 25.9 Å². The predicted molar refractivity (Wildman–Crippen MR) is 103 cm³/mol. The fourth-order valence-electron chi connectivity index (χ4n) is 2.98. The van der Waals surface area contributed by atoms with E-state index in [1.165, 1.54) is 22.5 Å². The molecule has 0 saturated carbocycles. The number of nitrogens with zero attached hydrogens (tertiary/aromatic N) is 1. The number of sulfone groups is 1. The number of carbonyl (C=O) groups excluding carboxylic acids is 1. The number of carbonyl (C=O) groups is 1. The maximum Gasteiger partial charge on any atom is 0.253 e. The number of hydrogen-bond donors (Lipinski definition) is 1. The largest absolute Gasteiger partial charge is 0.351 e. The molecular weight excluding hydrogens is 408 g/mol. The number of thiophene rings is 1. The van der Waals surface area contributed by atoms with Gasteiger partial charge in [-0.1, -0.05) is 18.2 Å². The Morgan fingerprint density at radius 1 is 1.19 bits per heavy atom. The Labute approximate surface area is 163 Å². The van der Waals surface area contributed by atoms with Crippen molar-refractivity contribution in [1.29, 1.82) is 0 Å². The van der Waals surface area contributed by atoms with Crippen LogP contribution in [0.25, 0.3) is 0 Å². The molecule has 1 saturated heterocycles. The summed E-state index contributed by atoms with van der Waals surface area (Å²) in [7, 11) is -6.94. The molecule has 146 valence electrons. The van der Waals surface area contributed by atoms with Crippen molar-refractivity contribution in [3.63, 3.8) is 0 Å². The van der Waals surface area contributed by atoms with Crippen LogP contribution in [0.5, 0.6) is 0 Å². The molecule has 1 aromatic heterocycles. The predicted octanol–water partition coefficient (Wildman–Crippen LogP) is 1.62. The minimum absolute atomic E-state index is 0.201. The zero-order chi connectivity index (χ0) is 19.7. The van der Waals surface area contributed by atoms with Crippen molar-refractivity contribution in [2.75, 3.05) is 12.8 Å². The van der Waals surface area contributed by atoms with Gasteiger partial charge < -0.3 is 5.32 Å². The normalized spacial score (nSPS) is 18.5. The van der Waals surface area contributed by atoms with Crippen molar-refractivity contribution in [3.8, 4) is 0 Å². The first kappa shape index (κ1) is 20.0. The van der Waals surface area contributed by atoms with Gasteiger partial charge in [-0.3, -0.25) is 4.79 Å². The average molecular weight is 429 g/mol. The summed E-state index contributed by atoms with van der Waals surface area (Å²) in [5.74, 6) is -0.347. The number of nitrogens with one attached hydrogen (secondary N) is 1. The van der Waals surface area contributed by atoms with E-state index in [0.29, 0.717) is 19.4 Å². The summed E-state index contributed by atoms with van der Waals surface area (Å²) in [4.78, 5) is 12.8. The van der Waals surface area contributed by atoms with Crippen LogP contribution in [-0.2, 0) is 31.2 Å². The standard InChI is InChI=1S/C17H20N2O5S3/c1-26(21,22)14-8-6-13(7-9-14)12-18-17(20)15-4-2-10-19(15)27(23,24)16-5-3-11-25-16/h3,5-9,11,15H,2,4,10,12H2,1H3,(H,18,20). The van der Waals surface area contributed by atoms with Crippen LogP contribution in [0.1, 0.15) is 18.4 Å². The van der Waals surface area contributed by atoms with Crippen molar-refractivity contribution < 1.29 is 21.6 Å². The van der Waals surface area contributed by atoms with Gasteiger partial charge in [0.2, 0.25) is 5.91 Å². The molecular formula is C17H20N2O5S3. The molecule has 27 heavy (non-hydrogen) atoms. The van der Waals surface area contributed by atoms with Gasteiger partial charge in [-0.15, -0.1) is 11.3 Å². The van der Waals surface area contributed by atoms with Gasteiger partial charge in [0.05, 0.1) is 4.90 Å². The van der Waals surface area contributed by atoms with Crippen LogP contribution in [-0.4, -0.2) is 45.9 Å². The van der Waals surface area contributed by atoms with Crippen molar-refractivity contribution in [2.24, 2.45) is 0 Å². The minimum Gasteiger partial charge on any atom is -0.351 e. The second-order valence-corrected chi connectivity index (χ2v) is 11.4. The van der Waals surface area contributed by atoms with E-state index in [1.807, 2.05) is 0 Å². The zero-order valence-corrected chi connectivity index (χ0v) is 17.1. The monoisotopic (exact) mass is 428 g/mol. The van der Waals surface area contributed by atoms with Crippen LogP contribution in [0, 0.1) is 0 Å². The Morgan fingerprint density at radius 3 is 2.48 bits per heavy atom. The molecule has 1 aliphatic heterocycles. The molecule has 2 aromatic rings. The summed E-state index contributed by atoms with van der Waals surface area (Å²) in [6.45, 7) is 0.521. The highest BCUT2D eigenvalue weighted by Crippen LogP contribution is 2.28. The number of sulfonamides is 1. The third-order valence-corrected chi connectivity index (χ3v) is 8.79. The zero-order valence-electron chi connectivity index (χ0n) is 14.7. The van der Waals surface area contributed by atoms with E-state index in [9.17, 15) is 21.6 Å². The van der Waals surface area contributed by atoms with E-state index in [4.69, 9.17) is 0 Å². The van der Waals surface area contributed by atoms with Gasteiger partial charge >= 0.3 is 0 Å². The van der Waals surface area contributed by atoms with E-state index in [0.717, 1.165) is 23.2 Å². The Kier molecular flexibility index (Phi) is 5.71. The van der Waals surface area contributed by atoms with Gasteiger partial charge in [0, 0.05) is 19.3 Å². The molecule has 7 nitrogen and oxygen atoms in total. The van der Waals surface area contributed by atoms with Crippen molar-refractivity contribution in [1.82, 2.24) is 9.62 Å². The number of benzene rings is 1. The summed E-state index contributed by atoms with van der Waals surface area (Å²) >= 11 is 1.13. The van der Waals surface area contributed by atoms with Gasteiger partial charge in [0.1, 0.15) is 10.3 Å². The first-order valence-electron chi connectivity index (χ1n) is 8.31. The Balaban J connectivity index is 1.67. The highest BCUT2D eigenvalue weighted by Gasteiger charge is 2.39. The van der Waals surface area contributed by atoms with Gasteiger partial charge in [-0.25, -0.2) is 16.8 Å². The minimum atomic E-state index is -3.67. The first-order chi connectivity index (χ1) is 12.7. The third-order valence-electron chi connectivity index (χ3n) is 4.38. The third kappa shape index (κ3) is 4.40. The van der Waals surface area contributed by atoms with E-state index in [1.54, 1.807) is 23.6 Å². The molecule has 1 amide bonds. The molecule has 0 spiro atoms. The molecule has 2 heterocycles. The van der Waals surface area contributed by atoms with Crippen molar-refractivity contribution >= 4 is 37.1 Å². The first-order valence-corrected chi connectivity index (χ1v) is 12.5. The number of amides is 1. The molecule has 1 N–H and O–H groups in total. The van der Waals surface area contributed by atoms with Gasteiger partial charge in [-0.05, 0) is 42.0 Å². The lowest BCUT2D eigenvalue weighted by atomic mass is 10.2. The molecule has 1 unspecified atom stereocenters. The molecule has 1 fully saturated rings. The lowest BCUT2D eigenvalue weighted by Crippen LogP contribution is -2.45. The summed E-state index contributed by atoms with van der Waals surface area (Å²) in [6, 6.07) is 8.71. The smallest absolute Gasteiger partial charge is 0.253 e. The molecule has 0 aliphatic carbocycles. The molecule has 0 bridgehead atoms. The van der Waals surface area contributed by atoms with Crippen molar-refractivity contribution in [3.05, 3.63) is 47.3 Å². The van der Waals surface area contributed by atoms with E-state index in [-0.39, 0.29) is 21.6 Å². The van der Waals surface area contributed by atoms with E-state index >= 15 is 0 Å². The maximum atomic E-state index is 12.7. The van der Waals surface area contributed by atoms with Gasteiger partial charge in [-0.2, -0.15) is 4.31 Å². The van der Waals surface area contributed by atoms with E-state index in [2.05, 4.69) is 5.32 Å². The SMILES string of the molecule is CS(=O)(=O)c1ccc(CNC(=O)C2CCCN2S(=O)(=O)c2cccs2)cc1. The van der Waals surface area contributed by atoms with Crippen LogP contribution < -0.4 is 5.32 Å². The molecule has 1 aromatic carbocycles. The van der Waals surface area contributed by atoms with Crippen LogP contribution in [0.4, 0.5) is 0 Å². The van der Waals surface area contributed by atoms with Crippen LogP contribution in [0.3, 0.4) is 0 Å². The summed E-state index contributed by atoms with van der Waals surface area (Å²) in [5, 5.41) is 4.45. The summed E-state index contributed by atoms with van der Waals surface area (Å²) in [5.41, 5.74) is 0.737. The molecule has 1 atom stereocenters. The Hall–Kier alpha value is -1.75. The molecule has 10 heteroatoms. The highest BCUT2D eigenvalue weighted by atomic mass is 32.2. The fraction of sp³-hybridized carbons (Fsp3) is 0.353. The lowest BCUT2D eigenvalue weighted by Gasteiger charge is -2.22. The molecule has 1 aliphatic rings. The van der Waals surface area contributed by atoms with Gasteiger partial charge in [0.25, 0.3) is 10.0 Å². The second-order valence-electron chi connectivity index (χ2n) is 6.34. The number of hydrogen-bond acceptors (Lipinski definition) is 6. The Morgan fingerprint density at radius 2 is 1.89 bits per heavy atom. The van der Waals surface area contributed by atoms with Crippen LogP contribution in [0.2, 0.25) is 0 Å². The lowest BCUT2D eigenvalue weighted by molar-refractivity contribution is -0.124. The fourth-order valence-corrected chi connectivity index (χ4v) is 6.38. The van der Waals surface area contributed by atoms with Crippen molar-refractivity contribution in [2.45, 2.75) is 34.5 Å². The highest BCUT2D eigenvalue weighted by molar-refractivity contribution is 7.91. The molecule has 0 radical (unpaired) electrons. The van der Waals surface area contributed by atoms with Crippen LogP contribution >= 0.6 is 11.3 Å².